The van der Waals surface area contributed by atoms with Crippen LogP contribution < -0.4 is 15.4 Å². The zero-order valence-electron chi connectivity index (χ0n) is 19.5. The van der Waals surface area contributed by atoms with Gasteiger partial charge in [0.25, 0.3) is 11.8 Å². The van der Waals surface area contributed by atoms with Gasteiger partial charge in [-0.1, -0.05) is 31.5 Å². The topological polar surface area (TPSA) is 87.7 Å². The van der Waals surface area contributed by atoms with Crippen molar-refractivity contribution in [3.05, 3.63) is 58.6 Å². The number of halogens is 3. The highest BCUT2D eigenvalue weighted by molar-refractivity contribution is 6.32. The van der Waals surface area contributed by atoms with Crippen molar-refractivity contribution in [1.82, 2.24) is 10.2 Å². The number of carbonyl (C=O) groups excluding carboxylic acids is 3. The van der Waals surface area contributed by atoms with Crippen molar-refractivity contribution in [2.45, 2.75) is 33.7 Å². The van der Waals surface area contributed by atoms with Crippen LogP contribution in [0.2, 0.25) is 5.02 Å². The van der Waals surface area contributed by atoms with Crippen LogP contribution in [-0.4, -0.2) is 48.4 Å². The molecular formula is C24H28ClF2N3O4. The molecule has 1 atom stereocenters. The maximum atomic E-state index is 13.9. The number of nitrogens with zero attached hydrogens (tertiary/aromatic N) is 1. The third kappa shape index (κ3) is 6.90. The van der Waals surface area contributed by atoms with Crippen molar-refractivity contribution in [3.63, 3.8) is 0 Å². The standard InChI is InChI=1S/C24H28ClF2N3O4/c1-5-30(6-2)20(31)13-34-19-11-10-15(12-16(19)25)28-24(33)22(14(3)4)29-23(32)21-17(26)8-7-9-18(21)27/h7-12,14,22H,5-6,13H2,1-4H3,(H,28,33)(H,29,32)/t22-/m0/s1. The summed E-state index contributed by atoms with van der Waals surface area (Å²) in [6.07, 6.45) is 0. The summed E-state index contributed by atoms with van der Waals surface area (Å²) in [4.78, 5) is 39.0. The van der Waals surface area contributed by atoms with Crippen LogP contribution in [0.25, 0.3) is 0 Å². The summed E-state index contributed by atoms with van der Waals surface area (Å²) in [6, 6.07) is 6.46. The third-order valence-corrected chi connectivity index (χ3v) is 5.39. The van der Waals surface area contributed by atoms with Crippen LogP contribution >= 0.6 is 11.6 Å². The molecular weight excluding hydrogens is 468 g/mol. The van der Waals surface area contributed by atoms with Gasteiger partial charge in [-0.25, -0.2) is 8.78 Å². The molecule has 0 unspecified atom stereocenters. The van der Waals surface area contributed by atoms with E-state index in [0.29, 0.717) is 18.8 Å². The molecule has 184 valence electrons. The Morgan fingerprint density at radius 1 is 1.06 bits per heavy atom. The summed E-state index contributed by atoms with van der Waals surface area (Å²) in [6.45, 7) is 8.04. The van der Waals surface area contributed by atoms with Gasteiger partial charge in [0.2, 0.25) is 5.91 Å². The van der Waals surface area contributed by atoms with E-state index >= 15 is 0 Å². The number of carbonyl (C=O) groups is 3. The molecule has 0 saturated carbocycles. The van der Waals surface area contributed by atoms with Crippen molar-refractivity contribution in [2.24, 2.45) is 5.92 Å². The van der Waals surface area contributed by atoms with Crippen molar-refractivity contribution in [3.8, 4) is 5.75 Å². The lowest BCUT2D eigenvalue weighted by atomic mass is 10.0. The molecule has 0 fully saturated rings. The molecule has 0 aliphatic carbocycles. The lowest BCUT2D eigenvalue weighted by Gasteiger charge is -2.22. The molecule has 0 aliphatic rings. The molecule has 7 nitrogen and oxygen atoms in total. The fourth-order valence-corrected chi connectivity index (χ4v) is 3.42. The Hall–Kier alpha value is -3.20. The highest BCUT2D eigenvalue weighted by Gasteiger charge is 2.27. The summed E-state index contributed by atoms with van der Waals surface area (Å²) >= 11 is 6.23. The summed E-state index contributed by atoms with van der Waals surface area (Å²) in [7, 11) is 0. The molecule has 0 bridgehead atoms. The predicted molar refractivity (Wildman–Crippen MR) is 126 cm³/mol. The van der Waals surface area contributed by atoms with E-state index in [1.165, 1.54) is 18.2 Å². The fraction of sp³-hybridized carbons (Fsp3) is 0.375. The number of likely N-dealkylation sites (N-methyl/N-ethyl adjacent to an activating group) is 1. The molecule has 2 N–H and O–H groups in total. The second kappa shape index (κ2) is 12.3. The normalized spacial score (nSPS) is 11.6. The molecule has 0 aliphatic heterocycles. The predicted octanol–water partition coefficient (Wildman–Crippen LogP) is 4.26. The average molecular weight is 496 g/mol. The number of benzene rings is 2. The summed E-state index contributed by atoms with van der Waals surface area (Å²) in [5, 5.41) is 5.18. The van der Waals surface area contributed by atoms with E-state index in [-0.39, 0.29) is 29.2 Å². The van der Waals surface area contributed by atoms with E-state index in [9.17, 15) is 23.2 Å². The van der Waals surface area contributed by atoms with Crippen molar-refractivity contribution in [1.29, 1.82) is 0 Å². The molecule has 0 spiro atoms. The average Bonchev–Trinajstić information content (AvgIpc) is 2.77. The first-order valence-electron chi connectivity index (χ1n) is 10.8. The zero-order valence-corrected chi connectivity index (χ0v) is 20.2. The van der Waals surface area contributed by atoms with Crippen LogP contribution in [0.15, 0.2) is 36.4 Å². The largest absolute Gasteiger partial charge is 0.482 e. The molecule has 2 aromatic carbocycles. The number of amides is 3. The Bertz CT molecular complexity index is 1020. The van der Waals surface area contributed by atoms with Gasteiger partial charge in [0.05, 0.1) is 5.02 Å². The van der Waals surface area contributed by atoms with Crippen LogP contribution in [0.5, 0.6) is 5.75 Å². The first-order chi connectivity index (χ1) is 16.1. The number of ether oxygens (including phenoxy) is 1. The molecule has 2 aromatic rings. The van der Waals surface area contributed by atoms with Crippen LogP contribution in [0, 0.1) is 17.6 Å². The first kappa shape index (κ1) is 27.0. The van der Waals surface area contributed by atoms with Gasteiger partial charge in [-0.2, -0.15) is 0 Å². The Labute approximate surface area is 202 Å². The molecule has 10 heteroatoms. The Morgan fingerprint density at radius 3 is 2.21 bits per heavy atom. The van der Waals surface area contributed by atoms with Gasteiger partial charge in [0, 0.05) is 18.8 Å². The van der Waals surface area contributed by atoms with Crippen molar-refractivity contribution in [2.75, 3.05) is 25.0 Å². The SMILES string of the molecule is CCN(CC)C(=O)COc1ccc(NC(=O)[C@@H](NC(=O)c2c(F)cccc2F)C(C)C)cc1Cl. The maximum Gasteiger partial charge on any atom is 0.260 e. The van der Waals surface area contributed by atoms with Gasteiger partial charge in [-0.15, -0.1) is 0 Å². The maximum absolute atomic E-state index is 13.9. The van der Waals surface area contributed by atoms with Gasteiger partial charge in [-0.05, 0) is 50.1 Å². The minimum atomic E-state index is -1.08. The van der Waals surface area contributed by atoms with E-state index in [2.05, 4.69) is 10.6 Å². The van der Waals surface area contributed by atoms with E-state index < -0.39 is 35.1 Å². The molecule has 0 heterocycles. The minimum absolute atomic E-state index is 0.170. The van der Waals surface area contributed by atoms with E-state index in [1.807, 2.05) is 13.8 Å². The third-order valence-electron chi connectivity index (χ3n) is 5.09. The zero-order chi connectivity index (χ0) is 25.4. The molecule has 3 amide bonds. The Balaban J connectivity index is 2.08. The van der Waals surface area contributed by atoms with Crippen molar-refractivity contribution >= 4 is 35.0 Å². The molecule has 0 saturated heterocycles. The molecule has 0 radical (unpaired) electrons. The number of hydrogen-bond acceptors (Lipinski definition) is 4. The second-order valence-corrected chi connectivity index (χ2v) is 8.19. The first-order valence-corrected chi connectivity index (χ1v) is 11.2. The van der Waals surface area contributed by atoms with Gasteiger partial charge in [-0.3, -0.25) is 14.4 Å². The van der Waals surface area contributed by atoms with Gasteiger partial charge >= 0.3 is 0 Å². The van der Waals surface area contributed by atoms with E-state index in [4.69, 9.17) is 16.3 Å². The smallest absolute Gasteiger partial charge is 0.260 e. The number of rotatable bonds is 10. The quantitative estimate of drug-likeness (QED) is 0.515. The lowest BCUT2D eigenvalue weighted by molar-refractivity contribution is -0.133. The summed E-state index contributed by atoms with van der Waals surface area (Å²) < 4.78 is 33.3. The Kier molecular flexibility index (Phi) is 9.80. The highest BCUT2D eigenvalue weighted by atomic mass is 35.5. The molecule has 2 rings (SSSR count). The van der Waals surface area contributed by atoms with Gasteiger partial charge in [0.15, 0.2) is 6.61 Å². The minimum Gasteiger partial charge on any atom is -0.482 e. The Morgan fingerprint density at radius 2 is 1.68 bits per heavy atom. The van der Waals surface area contributed by atoms with Gasteiger partial charge in [0.1, 0.15) is 29.0 Å². The molecule has 0 aromatic heterocycles. The van der Waals surface area contributed by atoms with E-state index in [0.717, 1.165) is 18.2 Å². The van der Waals surface area contributed by atoms with Crippen LogP contribution in [0.3, 0.4) is 0 Å². The highest BCUT2D eigenvalue weighted by Crippen LogP contribution is 2.28. The lowest BCUT2D eigenvalue weighted by Crippen LogP contribution is -2.47. The van der Waals surface area contributed by atoms with Gasteiger partial charge < -0.3 is 20.3 Å². The van der Waals surface area contributed by atoms with Crippen molar-refractivity contribution < 1.29 is 27.9 Å². The molecule has 34 heavy (non-hydrogen) atoms. The van der Waals surface area contributed by atoms with Crippen LogP contribution in [-0.2, 0) is 9.59 Å². The number of anilines is 1. The van der Waals surface area contributed by atoms with Crippen LogP contribution in [0.1, 0.15) is 38.1 Å². The number of nitrogens with one attached hydrogen (secondary N) is 2. The van der Waals surface area contributed by atoms with Crippen LogP contribution in [0.4, 0.5) is 14.5 Å². The fourth-order valence-electron chi connectivity index (χ4n) is 3.19. The second-order valence-electron chi connectivity index (χ2n) is 7.78. The number of hydrogen-bond donors (Lipinski definition) is 2. The van der Waals surface area contributed by atoms with E-state index in [1.54, 1.807) is 18.7 Å². The summed E-state index contributed by atoms with van der Waals surface area (Å²) in [5.74, 6) is -3.98. The summed E-state index contributed by atoms with van der Waals surface area (Å²) in [5.41, 5.74) is -0.445. The monoisotopic (exact) mass is 495 g/mol.